The zero-order chi connectivity index (χ0) is 15.0. The average molecular weight is 287 g/mol. The number of aryl methyl sites for hydroxylation is 1. The van der Waals surface area contributed by atoms with Crippen molar-refractivity contribution in [2.24, 2.45) is 5.92 Å². The Hall–Kier alpha value is -2.04. The molecule has 0 bridgehead atoms. The molecule has 112 valence electrons. The van der Waals surface area contributed by atoms with Crippen LogP contribution in [0.5, 0.6) is 0 Å². The molecule has 0 unspecified atom stereocenters. The molecule has 2 aliphatic rings. The second-order valence-corrected chi connectivity index (χ2v) is 6.08. The highest BCUT2D eigenvalue weighted by molar-refractivity contribution is 5.85. The molecule has 2 atom stereocenters. The molecule has 0 saturated carbocycles. The maximum Gasteiger partial charge on any atom is 0.318 e. The van der Waals surface area contributed by atoms with Gasteiger partial charge in [-0.1, -0.05) is 30.7 Å². The molecule has 2 N–H and O–H groups in total. The van der Waals surface area contributed by atoms with Crippen LogP contribution in [0, 0.1) is 12.8 Å². The Bertz CT molecular complexity index is 585. The summed E-state index contributed by atoms with van der Waals surface area (Å²) in [6.07, 6.45) is 0.987. The van der Waals surface area contributed by atoms with Crippen LogP contribution in [-0.2, 0) is 11.2 Å². The molecular weight excluding hydrogens is 266 g/mol. The van der Waals surface area contributed by atoms with E-state index in [1.54, 1.807) is 4.90 Å². The van der Waals surface area contributed by atoms with Crippen molar-refractivity contribution in [3.8, 4) is 0 Å². The van der Waals surface area contributed by atoms with Crippen LogP contribution in [0.25, 0.3) is 0 Å². The summed E-state index contributed by atoms with van der Waals surface area (Å²) >= 11 is 0. The van der Waals surface area contributed by atoms with E-state index >= 15 is 0 Å². The number of urea groups is 1. The van der Waals surface area contributed by atoms with Crippen LogP contribution >= 0.6 is 0 Å². The molecule has 5 heteroatoms. The number of piperazine rings is 1. The Morgan fingerprint density at radius 2 is 2.24 bits per heavy atom. The number of fused-ring (bicyclic) bond motifs is 1. The van der Waals surface area contributed by atoms with E-state index in [0.717, 1.165) is 6.42 Å². The fourth-order valence-electron chi connectivity index (χ4n) is 3.22. The second kappa shape index (κ2) is 5.39. The molecule has 1 aliphatic carbocycles. The smallest absolute Gasteiger partial charge is 0.318 e. The number of nitrogens with one attached hydrogen (secondary N) is 2. The Kier molecular flexibility index (Phi) is 3.57. The molecule has 3 rings (SSSR count). The summed E-state index contributed by atoms with van der Waals surface area (Å²) in [7, 11) is 0. The van der Waals surface area contributed by atoms with Crippen molar-refractivity contribution in [1.82, 2.24) is 15.5 Å². The fraction of sp³-hybridized carbons (Fsp3) is 0.500. The third-order valence-electron chi connectivity index (χ3n) is 4.35. The molecule has 0 spiro atoms. The predicted octanol–water partition coefficient (Wildman–Crippen LogP) is 1.37. The summed E-state index contributed by atoms with van der Waals surface area (Å²) in [6.45, 7) is 5.47. The van der Waals surface area contributed by atoms with E-state index < -0.39 is 0 Å². The number of amides is 3. The zero-order valence-corrected chi connectivity index (χ0v) is 12.5. The van der Waals surface area contributed by atoms with E-state index in [4.69, 9.17) is 0 Å². The van der Waals surface area contributed by atoms with Gasteiger partial charge in [-0.05, 0) is 30.4 Å². The SMILES string of the molecule is Cc1ccc2c(c1)[C@@H](NC(=O)N1CCNC(=O)C1)[C@H](C)C2. The topological polar surface area (TPSA) is 61.4 Å². The van der Waals surface area contributed by atoms with Gasteiger partial charge in [-0.15, -0.1) is 0 Å². The summed E-state index contributed by atoms with van der Waals surface area (Å²) in [5.74, 6) is 0.288. The quantitative estimate of drug-likeness (QED) is 0.819. The lowest BCUT2D eigenvalue weighted by atomic mass is 10.0. The molecule has 1 saturated heterocycles. The van der Waals surface area contributed by atoms with E-state index in [-0.39, 0.29) is 24.5 Å². The van der Waals surface area contributed by atoms with Gasteiger partial charge in [0.2, 0.25) is 5.91 Å². The first kappa shape index (κ1) is 13.9. The van der Waals surface area contributed by atoms with Gasteiger partial charge in [0.25, 0.3) is 0 Å². The monoisotopic (exact) mass is 287 g/mol. The molecule has 0 radical (unpaired) electrons. The molecule has 1 heterocycles. The van der Waals surface area contributed by atoms with Crippen molar-refractivity contribution in [2.45, 2.75) is 26.3 Å². The van der Waals surface area contributed by atoms with E-state index in [0.29, 0.717) is 19.0 Å². The number of carbonyl (C=O) groups excluding carboxylic acids is 2. The third-order valence-corrected chi connectivity index (χ3v) is 4.35. The number of hydrogen-bond donors (Lipinski definition) is 2. The van der Waals surface area contributed by atoms with Crippen LogP contribution in [-0.4, -0.2) is 36.5 Å². The second-order valence-electron chi connectivity index (χ2n) is 6.08. The number of nitrogens with zero attached hydrogens (tertiary/aromatic N) is 1. The highest BCUT2D eigenvalue weighted by Crippen LogP contribution is 2.36. The van der Waals surface area contributed by atoms with Gasteiger partial charge in [-0.2, -0.15) is 0 Å². The minimum atomic E-state index is -0.143. The highest BCUT2D eigenvalue weighted by atomic mass is 16.2. The maximum absolute atomic E-state index is 12.4. The minimum Gasteiger partial charge on any atom is -0.353 e. The Morgan fingerprint density at radius 3 is 3.00 bits per heavy atom. The predicted molar refractivity (Wildman–Crippen MR) is 79.9 cm³/mol. The average Bonchev–Trinajstić information content (AvgIpc) is 2.75. The Labute approximate surface area is 124 Å². The summed E-state index contributed by atoms with van der Waals surface area (Å²) < 4.78 is 0. The van der Waals surface area contributed by atoms with Crippen LogP contribution in [0.4, 0.5) is 4.79 Å². The van der Waals surface area contributed by atoms with Gasteiger partial charge in [0.05, 0.1) is 6.04 Å². The van der Waals surface area contributed by atoms with Crippen molar-refractivity contribution < 1.29 is 9.59 Å². The number of carbonyl (C=O) groups is 2. The molecule has 0 aromatic heterocycles. The van der Waals surface area contributed by atoms with E-state index in [1.807, 2.05) is 0 Å². The van der Waals surface area contributed by atoms with Gasteiger partial charge in [0, 0.05) is 13.1 Å². The largest absolute Gasteiger partial charge is 0.353 e. The first-order valence-electron chi connectivity index (χ1n) is 7.46. The molecular formula is C16H21N3O2. The molecule has 21 heavy (non-hydrogen) atoms. The van der Waals surface area contributed by atoms with Crippen molar-refractivity contribution in [3.05, 3.63) is 34.9 Å². The molecule has 1 aromatic carbocycles. The van der Waals surface area contributed by atoms with Crippen molar-refractivity contribution in [3.63, 3.8) is 0 Å². The van der Waals surface area contributed by atoms with Crippen LogP contribution in [0.1, 0.15) is 29.7 Å². The van der Waals surface area contributed by atoms with Gasteiger partial charge in [0.15, 0.2) is 0 Å². The minimum absolute atomic E-state index is 0.0392. The molecule has 1 aliphatic heterocycles. The molecule has 5 nitrogen and oxygen atoms in total. The first-order chi connectivity index (χ1) is 10.0. The van der Waals surface area contributed by atoms with Gasteiger partial charge in [0.1, 0.15) is 6.54 Å². The van der Waals surface area contributed by atoms with Crippen LogP contribution < -0.4 is 10.6 Å². The summed E-state index contributed by atoms with van der Waals surface area (Å²) in [5, 5.41) is 5.84. The lowest BCUT2D eigenvalue weighted by molar-refractivity contribution is -0.123. The Morgan fingerprint density at radius 1 is 1.43 bits per heavy atom. The lowest BCUT2D eigenvalue weighted by Gasteiger charge is -2.29. The fourth-order valence-corrected chi connectivity index (χ4v) is 3.22. The number of hydrogen-bond acceptors (Lipinski definition) is 2. The van der Waals surface area contributed by atoms with Crippen LogP contribution in [0.2, 0.25) is 0 Å². The standard InChI is InChI=1S/C16H21N3O2/c1-10-3-4-12-8-11(2)15(13(12)7-10)18-16(21)19-6-5-17-14(20)9-19/h3-4,7,11,15H,5-6,8-9H2,1-2H3,(H,17,20)(H,18,21)/t11-,15+/m1/s1. The van der Waals surface area contributed by atoms with Crippen molar-refractivity contribution >= 4 is 11.9 Å². The van der Waals surface area contributed by atoms with Gasteiger partial charge >= 0.3 is 6.03 Å². The van der Waals surface area contributed by atoms with Gasteiger partial charge in [-0.25, -0.2) is 4.79 Å². The lowest BCUT2D eigenvalue weighted by Crippen LogP contribution is -2.53. The molecule has 1 fully saturated rings. The third kappa shape index (κ3) is 2.73. The number of rotatable bonds is 1. The maximum atomic E-state index is 12.4. The van der Waals surface area contributed by atoms with E-state index in [1.165, 1.54) is 16.7 Å². The normalized spacial score (nSPS) is 24.5. The Balaban J connectivity index is 1.74. The van der Waals surface area contributed by atoms with Gasteiger partial charge < -0.3 is 15.5 Å². The van der Waals surface area contributed by atoms with E-state index in [9.17, 15) is 9.59 Å². The summed E-state index contributed by atoms with van der Waals surface area (Å²) in [5.41, 5.74) is 3.74. The van der Waals surface area contributed by atoms with Crippen LogP contribution in [0.15, 0.2) is 18.2 Å². The molecule has 1 aromatic rings. The molecule has 3 amide bonds. The summed E-state index contributed by atoms with van der Waals surface area (Å²) in [4.78, 5) is 25.3. The van der Waals surface area contributed by atoms with Crippen LogP contribution in [0.3, 0.4) is 0 Å². The first-order valence-corrected chi connectivity index (χ1v) is 7.46. The highest BCUT2D eigenvalue weighted by Gasteiger charge is 2.32. The zero-order valence-electron chi connectivity index (χ0n) is 12.5. The number of benzene rings is 1. The van der Waals surface area contributed by atoms with Crippen molar-refractivity contribution in [2.75, 3.05) is 19.6 Å². The summed E-state index contributed by atoms with van der Waals surface area (Å²) in [6, 6.07) is 6.33. The van der Waals surface area contributed by atoms with E-state index in [2.05, 4.69) is 42.7 Å². The van der Waals surface area contributed by atoms with Gasteiger partial charge in [-0.3, -0.25) is 4.79 Å². The van der Waals surface area contributed by atoms with Crippen molar-refractivity contribution in [1.29, 1.82) is 0 Å².